The van der Waals surface area contributed by atoms with Crippen LogP contribution >= 0.6 is 0 Å². The summed E-state index contributed by atoms with van der Waals surface area (Å²) in [6.07, 6.45) is 3.06. The Hall–Kier alpha value is -1.81. The van der Waals surface area contributed by atoms with E-state index in [1.807, 2.05) is 13.0 Å². The first-order chi connectivity index (χ1) is 7.69. The lowest BCUT2D eigenvalue weighted by Crippen LogP contribution is -1.93. The van der Waals surface area contributed by atoms with Gasteiger partial charge in [-0.1, -0.05) is 0 Å². The van der Waals surface area contributed by atoms with Crippen LogP contribution in [0, 0.1) is 12.7 Å². The predicted octanol–water partition coefficient (Wildman–Crippen LogP) is 2.08. The van der Waals surface area contributed by atoms with Gasteiger partial charge in [0.25, 0.3) is 0 Å². The Morgan fingerprint density at radius 3 is 2.44 bits per heavy atom. The second-order valence-electron chi connectivity index (χ2n) is 3.59. The molecule has 0 saturated carbocycles. The third kappa shape index (κ3) is 2.23. The molecule has 3 nitrogen and oxygen atoms in total. The standard InChI is InChI=1S/C12H11FN2O/c1-8-2-10(4-11(13)3-8)12-14-5-9(7-16)6-15-12/h2-6,16H,7H2,1H3. The summed E-state index contributed by atoms with van der Waals surface area (Å²) < 4.78 is 13.2. The van der Waals surface area contributed by atoms with Crippen LogP contribution in [-0.2, 0) is 6.61 Å². The molecule has 82 valence electrons. The van der Waals surface area contributed by atoms with Crippen LogP contribution in [0.1, 0.15) is 11.1 Å². The Kier molecular flexibility index (Phi) is 2.92. The topological polar surface area (TPSA) is 46.0 Å². The van der Waals surface area contributed by atoms with Crippen LogP contribution in [0.3, 0.4) is 0 Å². The minimum absolute atomic E-state index is 0.0948. The van der Waals surface area contributed by atoms with E-state index >= 15 is 0 Å². The van der Waals surface area contributed by atoms with E-state index < -0.39 is 0 Å². The third-order valence-electron chi connectivity index (χ3n) is 2.19. The van der Waals surface area contributed by atoms with Gasteiger partial charge in [0.1, 0.15) is 5.82 Å². The lowest BCUT2D eigenvalue weighted by Gasteiger charge is -2.02. The fourth-order valence-corrected chi connectivity index (χ4v) is 1.45. The molecule has 1 heterocycles. The van der Waals surface area contributed by atoms with E-state index in [9.17, 15) is 4.39 Å². The van der Waals surface area contributed by atoms with Gasteiger partial charge in [0, 0.05) is 23.5 Å². The Labute approximate surface area is 92.6 Å². The molecule has 0 radical (unpaired) electrons. The summed E-state index contributed by atoms with van der Waals surface area (Å²) in [6.45, 7) is 1.72. The Balaban J connectivity index is 2.42. The zero-order valence-corrected chi connectivity index (χ0v) is 8.81. The smallest absolute Gasteiger partial charge is 0.159 e. The number of aliphatic hydroxyl groups is 1. The van der Waals surface area contributed by atoms with E-state index in [1.165, 1.54) is 24.5 Å². The van der Waals surface area contributed by atoms with Gasteiger partial charge in [0.2, 0.25) is 0 Å². The average molecular weight is 218 g/mol. The van der Waals surface area contributed by atoms with Gasteiger partial charge in [0.05, 0.1) is 6.61 Å². The lowest BCUT2D eigenvalue weighted by atomic mass is 10.1. The van der Waals surface area contributed by atoms with Gasteiger partial charge in [-0.2, -0.15) is 0 Å². The van der Waals surface area contributed by atoms with Crippen molar-refractivity contribution >= 4 is 0 Å². The van der Waals surface area contributed by atoms with Crippen molar-refractivity contribution in [2.45, 2.75) is 13.5 Å². The SMILES string of the molecule is Cc1cc(F)cc(-c2ncc(CO)cn2)c1. The molecule has 1 N–H and O–H groups in total. The van der Waals surface area contributed by atoms with Crippen LogP contribution in [0.2, 0.25) is 0 Å². The van der Waals surface area contributed by atoms with Crippen molar-refractivity contribution in [3.8, 4) is 11.4 Å². The number of rotatable bonds is 2. The molecule has 0 aliphatic carbocycles. The van der Waals surface area contributed by atoms with Crippen molar-refractivity contribution in [1.82, 2.24) is 9.97 Å². The molecule has 0 unspecified atom stereocenters. The van der Waals surface area contributed by atoms with E-state index in [1.54, 1.807) is 0 Å². The molecular weight excluding hydrogens is 207 g/mol. The molecule has 4 heteroatoms. The molecule has 0 atom stereocenters. The summed E-state index contributed by atoms with van der Waals surface area (Å²) in [5, 5.41) is 8.85. The average Bonchev–Trinajstić information content (AvgIpc) is 2.28. The van der Waals surface area contributed by atoms with Crippen molar-refractivity contribution in [1.29, 1.82) is 0 Å². The zero-order chi connectivity index (χ0) is 11.5. The molecule has 1 aromatic carbocycles. The van der Waals surface area contributed by atoms with E-state index in [0.717, 1.165) is 5.56 Å². The van der Waals surface area contributed by atoms with Gasteiger partial charge >= 0.3 is 0 Å². The highest BCUT2D eigenvalue weighted by Gasteiger charge is 2.04. The molecule has 0 bridgehead atoms. The van der Waals surface area contributed by atoms with Crippen molar-refractivity contribution in [2.24, 2.45) is 0 Å². The molecule has 0 saturated heterocycles. The predicted molar refractivity (Wildman–Crippen MR) is 58.1 cm³/mol. The Bertz CT molecular complexity index is 477. The van der Waals surface area contributed by atoms with Gasteiger partial charge in [-0.3, -0.25) is 0 Å². The van der Waals surface area contributed by atoms with Crippen LogP contribution in [0.5, 0.6) is 0 Å². The molecular formula is C12H11FN2O. The largest absolute Gasteiger partial charge is 0.392 e. The highest BCUT2D eigenvalue weighted by Crippen LogP contribution is 2.17. The molecule has 16 heavy (non-hydrogen) atoms. The fourth-order valence-electron chi connectivity index (χ4n) is 1.45. The van der Waals surface area contributed by atoms with E-state index in [2.05, 4.69) is 9.97 Å². The number of aromatic nitrogens is 2. The first kappa shape index (κ1) is 10.7. The maximum atomic E-state index is 13.2. The first-order valence-corrected chi connectivity index (χ1v) is 4.88. The number of benzene rings is 1. The molecule has 0 aliphatic rings. The number of halogens is 1. The maximum absolute atomic E-state index is 13.2. The van der Waals surface area contributed by atoms with Gasteiger partial charge < -0.3 is 5.11 Å². The maximum Gasteiger partial charge on any atom is 0.159 e. The van der Waals surface area contributed by atoms with Crippen LogP contribution in [-0.4, -0.2) is 15.1 Å². The van der Waals surface area contributed by atoms with Crippen molar-refractivity contribution in [3.05, 3.63) is 47.5 Å². The van der Waals surface area contributed by atoms with Gasteiger partial charge in [0.15, 0.2) is 5.82 Å². The summed E-state index contributed by atoms with van der Waals surface area (Å²) in [6, 6.07) is 4.66. The normalized spacial score (nSPS) is 10.4. The Morgan fingerprint density at radius 1 is 1.19 bits per heavy atom. The quantitative estimate of drug-likeness (QED) is 0.839. The summed E-state index contributed by atoms with van der Waals surface area (Å²) in [5.41, 5.74) is 2.10. The molecule has 0 spiro atoms. The number of aryl methyl sites for hydroxylation is 1. The third-order valence-corrected chi connectivity index (χ3v) is 2.19. The van der Waals surface area contributed by atoms with Crippen molar-refractivity contribution in [3.63, 3.8) is 0 Å². The molecule has 1 aromatic heterocycles. The van der Waals surface area contributed by atoms with Crippen molar-refractivity contribution in [2.75, 3.05) is 0 Å². The first-order valence-electron chi connectivity index (χ1n) is 4.88. The molecule has 0 fully saturated rings. The monoisotopic (exact) mass is 218 g/mol. The zero-order valence-electron chi connectivity index (χ0n) is 8.81. The number of hydrogen-bond acceptors (Lipinski definition) is 3. The number of hydrogen-bond donors (Lipinski definition) is 1. The van der Waals surface area contributed by atoms with Gasteiger partial charge in [-0.25, -0.2) is 14.4 Å². The minimum Gasteiger partial charge on any atom is -0.392 e. The van der Waals surface area contributed by atoms with E-state index in [-0.39, 0.29) is 12.4 Å². The minimum atomic E-state index is -0.301. The van der Waals surface area contributed by atoms with Gasteiger partial charge in [-0.05, 0) is 30.7 Å². The van der Waals surface area contributed by atoms with Crippen LogP contribution < -0.4 is 0 Å². The highest BCUT2D eigenvalue weighted by molar-refractivity contribution is 5.55. The lowest BCUT2D eigenvalue weighted by molar-refractivity contribution is 0.281. The van der Waals surface area contributed by atoms with Gasteiger partial charge in [-0.15, -0.1) is 0 Å². The summed E-state index contributed by atoms with van der Waals surface area (Å²) >= 11 is 0. The summed E-state index contributed by atoms with van der Waals surface area (Å²) in [4.78, 5) is 8.13. The van der Waals surface area contributed by atoms with Crippen LogP contribution in [0.4, 0.5) is 4.39 Å². The second-order valence-corrected chi connectivity index (χ2v) is 3.59. The summed E-state index contributed by atoms with van der Waals surface area (Å²) in [7, 11) is 0. The molecule has 2 rings (SSSR count). The second kappa shape index (κ2) is 4.37. The number of aliphatic hydroxyl groups excluding tert-OH is 1. The summed E-state index contributed by atoms with van der Waals surface area (Å²) in [5.74, 6) is 0.157. The van der Waals surface area contributed by atoms with Crippen molar-refractivity contribution < 1.29 is 9.50 Å². The Morgan fingerprint density at radius 2 is 1.88 bits per heavy atom. The van der Waals surface area contributed by atoms with E-state index in [0.29, 0.717) is 17.0 Å². The van der Waals surface area contributed by atoms with E-state index in [4.69, 9.17) is 5.11 Å². The molecule has 0 aliphatic heterocycles. The highest BCUT2D eigenvalue weighted by atomic mass is 19.1. The van der Waals surface area contributed by atoms with Crippen LogP contribution in [0.15, 0.2) is 30.6 Å². The fraction of sp³-hybridized carbons (Fsp3) is 0.167. The molecule has 0 amide bonds. The van der Waals surface area contributed by atoms with Crippen LogP contribution in [0.25, 0.3) is 11.4 Å². The molecule has 2 aromatic rings. The number of nitrogens with zero attached hydrogens (tertiary/aromatic N) is 2.